The molecule has 0 N–H and O–H groups in total. The molecular weight excluding hydrogens is 234 g/mol. The smallest absolute Gasteiger partial charge is 0.145 e. The van der Waals surface area contributed by atoms with Crippen LogP contribution in [0.25, 0.3) is 11.0 Å². The van der Waals surface area contributed by atoms with Gasteiger partial charge in [-0.15, -0.1) is 0 Å². The molecule has 3 rings (SSSR count). The van der Waals surface area contributed by atoms with Gasteiger partial charge in [-0.05, 0) is 31.2 Å². The van der Waals surface area contributed by atoms with Crippen molar-refractivity contribution in [1.29, 1.82) is 0 Å². The molecule has 2 aromatic heterocycles. The molecule has 0 radical (unpaired) electrons. The van der Waals surface area contributed by atoms with Crippen LogP contribution in [0.2, 0.25) is 5.15 Å². The molecule has 90 valence electrons. The number of halogens is 1. The van der Waals surface area contributed by atoms with Crippen molar-refractivity contribution >= 4 is 22.6 Å². The highest BCUT2D eigenvalue weighted by Gasteiger charge is 2.25. The minimum Gasteiger partial charge on any atom is -0.329 e. The molecule has 2 heterocycles. The van der Waals surface area contributed by atoms with Crippen molar-refractivity contribution in [3.05, 3.63) is 23.7 Å². The lowest BCUT2D eigenvalue weighted by Gasteiger charge is -2.13. The van der Waals surface area contributed by atoms with Crippen LogP contribution in [0.15, 0.2) is 18.6 Å². The first-order valence-electron chi connectivity index (χ1n) is 6.26. The third-order valence-electron chi connectivity index (χ3n) is 3.94. The van der Waals surface area contributed by atoms with Gasteiger partial charge in [0.05, 0.1) is 5.39 Å². The van der Waals surface area contributed by atoms with Gasteiger partial charge in [-0.3, -0.25) is 0 Å². The van der Waals surface area contributed by atoms with Gasteiger partial charge in [-0.1, -0.05) is 24.9 Å². The molecule has 2 atom stereocenters. The van der Waals surface area contributed by atoms with E-state index in [-0.39, 0.29) is 0 Å². The van der Waals surface area contributed by atoms with E-state index in [1.165, 1.54) is 25.7 Å². The van der Waals surface area contributed by atoms with Gasteiger partial charge in [0.15, 0.2) is 0 Å². The van der Waals surface area contributed by atoms with E-state index in [0.717, 1.165) is 17.0 Å². The number of rotatable bonds is 2. The Hall–Kier alpha value is -1.09. The summed E-state index contributed by atoms with van der Waals surface area (Å²) in [5.41, 5.74) is 0.978. The van der Waals surface area contributed by atoms with Crippen LogP contribution < -0.4 is 0 Å². The molecule has 1 saturated carbocycles. The second-order valence-corrected chi connectivity index (χ2v) is 5.22. The standard InChI is InChI=1S/C13H16ClN3/c1-2-9-3-4-10(7-9)17-6-5-11-12(14)15-8-16-13(11)17/h5-6,8-10H,2-4,7H2,1H3. The van der Waals surface area contributed by atoms with Crippen LogP contribution in [0.4, 0.5) is 0 Å². The van der Waals surface area contributed by atoms with Crippen LogP contribution in [0.3, 0.4) is 0 Å². The fourth-order valence-corrected chi connectivity index (χ4v) is 3.10. The predicted molar refractivity (Wildman–Crippen MR) is 69.2 cm³/mol. The third kappa shape index (κ3) is 1.82. The summed E-state index contributed by atoms with van der Waals surface area (Å²) in [6, 6.07) is 2.61. The summed E-state index contributed by atoms with van der Waals surface area (Å²) in [5.74, 6) is 0.870. The van der Waals surface area contributed by atoms with Crippen molar-refractivity contribution in [1.82, 2.24) is 14.5 Å². The summed E-state index contributed by atoms with van der Waals surface area (Å²) >= 11 is 6.07. The monoisotopic (exact) mass is 249 g/mol. The number of fused-ring (bicyclic) bond motifs is 1. The molecule has 0 spiro atoms. The summed E-state index contributed by atoms with van der Waals surface area (Å²) in [6.45, 7) is 2.28. The molecule has 0 amide bonds. The zero-order chi connectivity index (χ0) is 11.8. The summed E-state index contributed by atoms with van der Waals surface area (Å²) in [7, 11) is 0. The Labute approximate surface area is 106 Å². The molecule has 1 aliphatic carbocycles. The first-order chi connectivity index (χ1) is 8.29. The van der Waals surface area contributed by atoms with Crippen LogP contribution in [0.1, 0.15) is 38.6 Å². The van der Waals surface area contributed by atoms with E-state index < -0.39 is 0 Å². The molecule has 0 bridgehead atoms. The largest absolute Gasteiger partial charge is 0.329 e. The van der Waals surface area contributed by atoms with Crippen molar-refractivity contribution in [2.24, 2.45) is 5.92 Å². The Morgan fingerprint density at radius 1 is 1.41 bits per heavy atom. The van der Waals surface area contributed by atoms with Crippen LogP contribution in [-0.2, 0) is 0 Å². The second kappa shape index (κ2) is 4.30. The lowest BCUT2D eigenvalue weighted by atomic mass is 10.1. The van der Waals surface area contributed by atoms with Crippen LogP contribution in [0, 0.1) is 5.92 Å². The van der Waals surface area contributed by atoms with Gasteiger partial charge in [0.2, 0.25) is 0 Å². The van der Waals surface area contributed by atoms with Crippen molar-refractivity contribution in [3.63, 3.8) is 0 Å². The molecule has 1 aliphatic rings. The van der Waals surface area contributed by atoms with Gasteiger partial charge < -0.3 is 4.57 Å². The van der Waals surface area contributed by atoms with Crippen LogP contribution >= 0.6 is 11.6 Å². The van der Waals surface area contributed by atoms with Gasteiger partial charge in [0.25, 0.3) is 0 Å². The minimum atomic E-state index is 0.554. The zero-order valence-corrected chi connectivity index (χ0v) is 10.7. The predicted octanol–water partition coefficient (Wildman–Crippen LogP) is 3.84. The van der Waals surface area contributed by atoms with E-state index in [4.69, 9.17) is 11.6 Å². The van der Waals surface area contributed by atoms with E-state index in [1.54, 1.807) is 6.33 Å². The van der Waals surface area contributed by atoms with Crippen molar-refractivity contribution in [2.75, 3.05) is 0 Å². The maximum atomic E-state index is 6.07. The zero-order valence-electron chi connectivity index (χ0n) is 9.93. The van der Waals surface area contributed by atoms with Crippen molar-refractivity contribution in [2.45, 2.75) is 38.6 Å². The van der Waals surface area contributed by atoms with E-state index in [2.05, 4.69) is 27.7 Å². The Morgan fingerprint density at radius 3 is 3.06 bits per heavy atom. The highest BCUT2D eigenvalue weighted by molar-refractivity contribution is 6.33. The van der Waals surface area contributed by atoms with Gasteiger partial charge >= 0.3 is 0 Å². The van der Waals surface area contributed by atoms with E-state index >= 15 is 0 Å². The molecule has 0 saturated heterocycles. The summed E-state index contributed by atoms with van der Waals surface area (Å²) in [4.78, 5) is 8.38. The third-order valence-corrected chi connectivity index (χ3v) is 4.25. The first kappa shape index (κ1) is 11.0. The SMILES string of the molecule is CCC1CCC(n2ccc3c(Cl)ncnc32)C1. The van der Waals surface area contributed by atoms with Gasteiger partial charge in [-0.25, -0.2) is 9.97 Å². The average Bonchev–Trinajstić information content (AvgIpc) is 2.94. The molecular formula is C13H16ClN3. The fourth-order valence-electron chi connectivity index (χ4n) is 2.91. The van der Waals surface area contributed by atoms with Gasteiger partial charge in [-0.2, -0.15) is 0 Å². The molecule has 2 aromatic rings. The lowest BCUT2D eigenvalue weighted by molar-refractivity contribution is 0.475. The number of aromatic nitrogens is 3. The molecule has 1 fully saturated rings. The molecule has 3 nitrogen and oxygen atoms in total. The van der Waals surface area contributed by atoms with Gasteiger partial charge in [0.1, 0.15) is 17.1 Å². The molecule has 0 aromatic carbocycles. The topological polar surface area (TPSA) is 30.7 Å². The van der Waals surface area contributed by atoms with Crippen LogP contribution in [0.5, 0.6) is 0 Å². The van der Waals surface area contributed by atoms with Gasteiger partial charge in [0, 0.05) is 12.2 Å². The summed E-state index contributed by atoms with van der Waals surface area (Å²) in [5, 5.41) is 1.52. The maximum absolute atomic E-state index is 6.07. The highest BCUT2D eigenvalue weighted by atomic mass is 35.5. The highest BCUT2D eigenvalue weighted by Crippen LogP contribution is 2.38. The molecule has 2 unspecified atom stereocenters. The van der Waals surface area contributed by atoms with Crippen molar-refractivity contribution in [3.8, 4) is 0 Å². The Balaban J connectivity index is 1.99. The fraction of sp³-hybridized carbons (Fsp3) is 0.538. The Bertz CT molecular complexity index is 534. The quantitative estimate of drug-likeness (QED) is 0.758. The van der Waals surface area contributed by atoms with E-state index in [1.807, 2.05) is 6.07 Å². The number of hydrogen-bond donors (Lipinski definition) is 0. The Kier molecular flexibility index (Phi) is 2.79. The second-order valence-electron chi connectivity index (χ2n) is 4.87. The average molecular weight is 250 g/mol. The van der Waals surface area contributed by atoms with E-state index in [0.29, 0.717) is 11.2 Å². The van der Waals surface area contributed by atoms with Crippen molar-refractivity contribution < 1.29 is 0 Å². The number of hydrogen-bond acceptors (Lipinski definition) is 2. The first-order valence-corrected chi connectivity index (χ1v) is 6.64. The summed E-state index contributed by atoms with van der Waals surface area (Å²) < 4.78 is 2.28. The minimum absolute atomic E-state index is 0.554. The lowest BCUT2D eigenvalue weighted by Crippen LogP contribution is -2.05. The molecule has 0 aliphatic heterocycles. The van der Waals surface area contributed by atoms with E-state index in [9.17, 15) is 0 Å². The van der Waals surface area contributed by atoms with Crippen LogP contribution in [-0.4, -0.2) is 14.5 Å². The normalized spacial score (nSPS) is 24.6. The summed E-state index contributed by atoms with van der Waals surface area (Å²) in [6.07, 6.45) is 8.79. The molecule has 4 heteroatoms. The molecule has 17 heavy (non-hydrogen) atoms. The number of nitrogens with zero attached hydrogens (tertiary/aromatic N) is 3. The maximum Gasteiger partial charge on any atom is 0.145 e. The Morgan fingerprint density at radius 2 is 2.29 bits per heavy atom.